The third-order valence-corrected chi connectivity index (χ3v) is 3.95. The molecule has 108 valence electrons. The van der Waals surface area contributed by atoms with E-state index in [9.17, 15) is 4.39 Å². The maximum Gasteiger partial charge on any atom is 0.165 e. The number of benzene rings is 1. The van der Waals surface area contributed by atoms with E-state index in [-0.39, 0.29) is 5.82 Å². The number of hydrogen-bond acceptors (Lipinski definition) is 3. The van der Waals surface area contributed by atoms with Gasteiger partial charge in [0.1, 0.15) is 0 Å². The van der Waals surface area contributed by atoms with Crippen molar-refractivity contribution in [3.8, 4) is 5.75 Å². The van der Waals surface area contributed by atoms with Gasteiger partial charge in [-0.05, 0) is 42.8 Å². The second kappa shape index (κ2) is 9.21. The van der Waals surface area contributed by atoms with Gasteiger partial charge in [0, 0.05) is 11.8 Å². The average molecular weight is 285 g/mol. The quantitative estimate of drug-likeness (QED) is 0.750. The molecule has 0 bridgehead atoms. The Morgan fingerprint density at radius 1 is 1.37 bits per heavy atom. The van der Waals surface area contributed by atoms with Crippen molar-refractivity contribution in [1.29, 1.82) is 0 Å². The zero-order chi connectivity index (χ0) is 14.1. The number of rotatable bonds is 9. The molecule has 0 radical (unpaired) electrons. The van der Waals surface area contributed by atoms with Crippen LogP contribution in [-0.4, -0.2) is 31.2 Å². The second-order valence-electron chi connectivity index (χ2n) is 4.48. The molecule has 1 N–H and O–H groups in total. The molecule has 0 amide bonds. The highest BCUT2D eigenvalue weighted by Gasteiger charge is 2.10. The number of halogens is 1. The number of thioether (sulfide) groups is 1. The van der Waals surface area contributed by atoms with Gasteiger partial charge in [-0.15, -0.1) is 0 Å². The van der Waals surface area contributed by atoms with Gasteiger partial charge in [-0.3, -0.25) is 0 Å². The molecule has 0 aliphatic rings. The Hall–Kier alpha value is -0.740. The monoisotopic (exact) mass is 285 g/mol. The molecule has 0 aliphatic heterocycles. The molecule has 4 heteroatoms. The van der Waals surface area contributed by atoms with Crippen LogP contribution in [0.2, 0.25) is 0 Å². The zero-order valence-corrected chi connectivity index (χ0v) is 12.9. The molecule has 19 heavy (non-hydrogen) atoms. The van der Waals surface area contributed by atoms with Gasteiger partial charge in [0.15, 0.2) is 11.6 Å². The molecule has 1 unspecified atom stereocenters. The minimum absolute atomic E-state index is 0.280. The Morgan fingerprint density at radius 2 is 2.16 bits per heavy atom. The molecular weight excluding hydrogens is 261 g/mol. The molecule has 0 aromatic heterocycles. The van der Waals surface area contributed by atoms with Crippen molar-refractivity contribution in [2.45, 2.75) is 32.7 Å². The highest BCUT2D eigenvalue weighted by molar-refractivity contribution is 7.99. The van der Waals surface area contributed by atoms with E-state index in [0.717, 1.165) is 36.5 Å². The summed E-state index contributed by atoms with van der Waals surface area (Å²) >= 11 is 1.92. The highest BCUT2D eigenvalue weighted by Crippen LogP contribution is 2.19. The fourth-order valence-electron chi connectivity index (χ4n) is 1.92. The van der Waals surface area contributed by atoms with Gasteiger partial charge in [0.2, 0.25) is 0 Å². The predicted molar refractivity (Wildman–Crippen MR) is 81.7 cm³/mol. The van der Waals surface area contributed by atoms with E-state index in [1.165, 1.54) is 7.11 Å². The largest absolute Gasteiger partial charge is 0.494 e. The van der Waals surface area contributed by atoms with Gasteiger partial charge in [0.25, 0.3) is 0 Å². The SMILES string of the molecule is CCCNC(CSCC)Cc1ccc(OC)c(F)c1. The van der Waals surface area contributed by atoms with Crippen molar-refractivity contribution < 1.29 is 9.13 Å². The summed E-state index contributed by atoms with van der Waals surface area (Å²) in [5.74, 6) is 2.20. The predicted octanol–water partition coefficient (Wildman–Crippen LogP) is 3.50. The first-order valence-electron chi connectivity index (χ1n) is 6.84. The average Bonchev–Trinajstić information content (AvgIpc) is 2.42. The molecule has 0 saturated heterocycles. The van der Waals surface area contributed by atoms with Crippen molar-refractivity contribution in [1.82, 2.24) is 5.32 Å². The minimum Gasteiger partial charge on any atom is -0.494 e. The van der Waals surface area contributed by atoms with Crippen LogP contribution in [-0.2, 0) is 6.42 Å². The first kappa shape index (κ1) is 16.3. The van der Waals surface area contributed by atoms with Crippen LogP contribution in [0.25, 0.3) is 0 Å². The van der Waals surface area contributed by atoms with Gasteiger partial charge in [-0.25, -0.2) is 4.39 Å². The maximum absolute atomic E-state index is 13.7. The van der Waals surface area contributed by atoms with Crippen LogP contribution < -0.4 is 10.1 Å². The van der Waals surface area contributed by atoms with Gasteiger partial charge in [-0.1, -0.05) is 19.9 Å². The normalized spacial score (nSPS) is 12.4. The summed E-state index contributed by atoms with van der Waals surface area (Å²) in [6.07, 6.45) is 1.97. The van der Waals surface area contributed by atoms with Gasteiger partial charge >= 0.3 is 0 Å². The van der Waals surface area contributed by atoms with Gasteiger partial charge in [0.05, 0.1) is 7.11 Å². The Labute approximate surface area is 120 Å². The lowest BCUT2D eigenvalue weighted by molar-refractivity contribution is 0.386. The molecule has 0 saturated carbocycles. The first-order chi connectivity index (χ1) is 9.21. The summed E-state index contributed by atoms with van der Waals surface area (Å²) in [4.78, 5) is 0. The van der Waals surface area contributed by atoms with Crippen LogP contribution in [0, 0.1) is 5.82 Å². The van der Waals surface area contributed by atoms with Crippen molar-refractivity contribution in [2.24, 2.45) is 0 Å². The fraction of sp³-hybridized carbons (Fsp3) is 0.600. The smallest absolute Gasteiger partial charge is 0.165 e. The first-order valence-corrected chi connectivity index (χ1v) is 8.00. The number of nitrogens with one attached hydrogen (secondary N) is 1. The Morgan fingerprint density at radius 3 is 2.74 bits per heavy atom. The third-order valence-electron chi connectivity index (χ3n) is 2.90. The minimum atomic E-state index is -0.280. The van der Waals surface area contributed by atoms with E-state index < -0.39 is 0 Å². The highest BCUT2D eigenvalue weighted by atomic mass is 32.2. The Balaban J connectivity index is 2.63. The molecule has 0 heterocycles. The molecule has 1 rings (SSSR count). The lowest BCUT2D eigenvalue weighted by atomic mass is 10.1. The molecule has 1 aromatic carbocycles. The molecular formula is C15H24FNOS. The van der Waals surface area contributed by atoms with Gasteiger partial charge < -0.3 is 10.1 Å². The number of hydrogen-bond donors (Lipinski definition) is 1. The van der Waals surface area contributed by atoms with Crippen LogP contribution >= 0.6 is 11.8 Å². The van der Waals surface area contributed by atoms with Crippen LogP contribution in [0.3, 0.4) is 0 Å². The summed E-state index contributed by atoms with van der Waals surface area (Å²) in [6.45, 7) is 5.33. The summed E-state index contributed by atoms with van der Waals surface area (Å²) < 4.78 is 18.6. The number of ether oxygens (including phenoxy) is 1. The van der Waals surface area contributed by atoms with Crippen LogP contribution in [0.5, 0.6) is 5.75 Å². The second-order valence-corrected chi connectivity index (χ2v) is 5.80. The van der Waals surface area contributed by atoms with Crippen molar-refractivity contribution in [3.63, 3.8) is 0 Å². The topological polar surface area (TPSA) is 21.3 Å². The van der Waals surface area contributed by atoms with Crippen molar-refractivity contribution in [3.05, 3.63) is 29.6 Å². The Bertz CT molecular complexity index is 365. The number of methoxy groups -OCH3 is 1. The van der Waals surface area contributed by atoms with Crippen molar-refractivity contribution in [2.75, 3.05) is 25.2 Å². The standard InChI is InChI=1S/C15H24FNOS/c1-4-8-17-13(11-19-5-2)9-12-6-7-15(18-3)14(16)10-12/h6-7,10,13,17H,4-5,8-9,11H2,1-3H3. The van der Waals surface area contributed by atoms with Gasteiger partial charge in [-0.2, -0.15) is 11.8 Å². The molecule has 0 spiro atoms. The lowest BCUT2D eigenvalue weighted by Gasteiger charge is -2.18. The molecule has 0 fully saturated rings. The summed E-state index contributed by atoms with van der Waals surface area (Å²) in [7, 11) is 1.49. The summed E-state index contributed by atoms with van der Waals surface area (Å²) in [6, 6.07) is 5.63. The van der Waals surface area contributed by atoms with E-state index in [0.29, 0.717) is 11.8 Å². The van der Waals surface area contributed by atoms with E-state index in [1.807, 2.05) is 17.8 Å². The third kappa shape index (κ3) is 5.83. The fourth-order valence-corrected chi connectivity index (χ4v) is 2.68. The van der Waals surface area contributed by atoms with E-state index >= 15 is 0 Å². The summed E-state index contributed by atoms with van der Waals surface area (Å²) in [5.41, 5.74) is 1.02. The van der Waals surface area contributed by atoms with E-state index in [2.05, 4.69) is 19.2 Å². The van der Waals surface area contributed by atoms with Crippen LogP contribution in [0.4, 0.5) is 4.39 Å². The molecule has 1 atom stereocenters. The summed E-state index contributed by atoms with van der Waals surface area (Å²) in [5, 5.41) is 3.53. The maximum atomic E-state index is 13.7. The molecule has 0 aliphatic carbocycles. The van der Waals surface area contributed by atoms with Crippen LogP contribution in [0.15, 0.2) is 18.2 Å². The van der Waals surface area contributed by atoms with Crippen LogP contribution in [0.1, 0.15) is 25.8 Å². The van der Waals surface area contributed by atoms with Crippen molar-refractivity contribution >= 4 is 11.8 Å². The van der Waals surface area contributed by atoms with E-state index in [4.69, 9.17) is 4.74 Å². The Kier molecular flexibility index (Phi) is 7.91. The zero-order valence-electron chi connectivity index (χ0n) is 12.0. The molecule has 2 nitrogen and oxygen atoms in total. The van der Waals surface area contributed by atoms with E-state index in [1.54, 1.807) is 12.1 Å². The molecule has 1 aromatic rings. The lowest BCUT2D eigenvalue weighted by Crippen LogP contribution is -2.34.